The van der Waals surface area contributed by atoms with E-state index in [9.17, 15) is 19.5 Å². The van der Waals surface area contributed by atoms with Crippen LogP contribution < -0.4 is 5.32 Å². The van der Waals surface area contributed by atoms with Crippen molar-refractivity contribution >= 4 is 23.5 Å². The molecular formula is C23H30N2O6. The van der Waals surface area contributed by atoms with Crippen LogP contribution in [0, 0.1) is 25.7 Å². The summed E-state index contributed by atoms with van der Waals surface area (Å²) in [7, 11) is 0. The maximum absolute atomic E-state index is 13.6. The Kier molecular flexibility index (Phi) is 5.55. The van der Waals surface area contributed by atoms with Crippen molar-refractivity contribution in [2.45, 2.75) is 64.3 Å². The number of fused-ring (bicyclic) bond motifs is 1. The zero-order valence-electron chi connectivity index (χ0n) is 18.4. The molecule has 0 radical (unpaired) electrons. The fourth-order valence-corrected chi connectivity index (χ4v) is 5.53. The van der Waals surface area contributed by atoms with Crippen LogP contribution in [0.1, 0.15) is 37.8 Å². The lowest BCUT2D eigenvalue weighted by Crippen LogP contribution is -2.55. The quantitative estimate of drug-likeness (QED) is 0.664. The molecule has 0 saturated carbocycles. The van der Waals surface area contributed by atoms with Crippen LogP contribution in [-0.2, 0) is 23.9 Å². The summed E-state index contributed by atoms with van der Waals surface area (Å²) in [6.07, 6.45) is 0.654. The maximum Gasteiger partial charge on any atom is 0.312 e. The molecule has 6 atom stereocenters. The lowest BCUT2D eigenvalue weighted by Gasteiger charge is -2.35. The molecule has 4 rings (SSSR count). The number of amides is 2. The summed E-state index contributed by atoms with van der Waals surface area (Å²) in [4.78, 5) is 41.2. The minimum atomic E-state index is -1.09. The summed E-state index contributed by atoms with van der Waals surface area (Å²) in [6.45, 7) is 7.17. The molecular weight excluding hydrogens is 400 g/mol. The van der Waals surface area contributed by atoms with E-state index < -0.39 is 41.6 Å². The van der Waals surface area contributed by atoms with E-state index in [1.165, 1.54) is 4.90 Å². The number of rotatable bonds is 6. The van der Waals surface area contributed by atoms with E-state index in [1.54, 1.807) is 13.8 Å². The van der Waals surface area contributed by atoms with Crippen LogP contribution >= 0.6 is 0 Å². The molecule has 3 aliphatic heterocycles. The lowest BCUT2D eigenvalue weighted by molar-refractivity contribution is -0.155. The molecule has 31 heavy (non-hydrogen) atoms. The van der Waals surface area contributed by atoms with Crippen LogP contribution in [-0.4, -0.2) is 64.8 Å². The molecule has 3 heterocycles. The Hall–Kier alpha value is -2.45. The van der Waals surface area contributed by atoms with Crippen LogP contribution in [0.25, 0.3) is 0 Å². The van der Waals surface area contributed by atoms with Crippen LogP contribution in [0.4, 0.5) is 5.69 Å². The van der Waals surface area contributed by atoms with Gasteiger partial charge in [0.1, 0.15) is 11.6 Å². The molecule has 0 unspecified atom stereocenters. The Morgan fingerprint density at radius 1 is 1.39 bits per heavy atom. The number of esters is 1. The average Bonchev–Trinajstić information content (AvgIpc) is 3.37. The van der Waals surface area contributed by atoms with Gasteiger partial charge in [-0.05, 0) is 57.7 Å². The summed E-state index contributed by atoms with van der Waals surface area (Å²) in [5.74, 6) is -2.67. The van der Waals surface area contributed by atoms with Crippen LogP contribution in [0.5, 0.6) is 0 Å². The smallest absolute Gasteiger partial charge is 0.312 e. The molecule has 3 saturated heterocycles. The Labute approximate surface area is 181 Å². The molecule has 8 heteroatoms. The van der Waals surface area contributed by atoms with Gasteiger partial charge in [-0.25, -0.2) is 0 Å². The van der Waals surface area contributed by atoms with Crippen molar-refractivity contribution < 1.29 is 29.0 Å². The molecule has 168 valence electrons. The SMILES string of the molecule is CCOC(=O)[C@@H]1[C@@H]2CC[C@]3(O2)[C@H](C(=O)Nc2cc(C)ccc2C)N([C@H](C)CO)C(=O)[C@@H]13. The average molecular weight is 431 g/mol. The van der Waals surface area contributed by atoms with Crippen LogP contribution in [0.3, 0.4) is 0 Å². The van der Waals surface area contributed by atoms with Gasteiger partial charge < -0.3 is 24.8 Å². The summed E-state index contributed by atoms with van der Waals surface area (Å²) < 4.78 is 11.5. The van der Waals surface area contributed by atoms with Gasteiger partial charge in [0, 0.05) is 5.69 Å². The lowest BCUT2D eigenvalue weighted by atomic mass is 9.70. The Balaban J connectivity index is 1.73. The van der Waals surface area contributed by atoms with E-state index in [2.05, 4.69) is 5.32 Å². The summed E-state index contributed by atoms with van der Waals surface area (Å²) in [5.41, 5.74) is 1.48. The van der Waals surface area contributed by atoms with Crippen molar-refractivity contribution in [1.82, 2.24) is 4.90 Å². The molecule has 8 nitrogen and oxygen atoms in total. The molecule has 1 spiro atoms. The number of ether oxygens (including phenoxy) is 2. The monoisotopic (exact) mass is 430 g/mol. The number of anilines is 1. The van der Waals surface area contributed by atoms with Gasteiger partial charge in [0.05, 0.1) is 37.2 Å². The van der Waals surface area contributed by atoms with Crippen molar-refractivity contribution in [3.8, 4) is 0 Å². The van der Waals surface area contributed by atoms with Gasteiger partial charge in [-0.3, -0.25) is 14.4 Å². The standard InChI is InChI=1S/C23H30N2O6/c1-5-30-22(29)17-16-8-9-23(31-16)18(17)21(28)25(14(4)11-26)19(23)20(27)24-15-10-12(2)6-7-13(15)3/h6-7,10,14,16-19,26H,5,8-9,11H2,1-4H3,(H,24,27)/t14-,16+,17-,18-,19+,23-/m1/s1. The minimum Gasteiger partial charge on any atom is -0.466 e. The number of nitrogens with one attached hydrogen (secondary N) is 1. The van der Waals surface area contributed by atoms with Gasteiger partial charge in [0.15, 0.2) is 0 Å². The zero-order valence-corrected chi connectivity index (χ0v) is 18.4. The largest absolute Gasteiger partial charge is 0.466 e. The zero-order chi connectivity index (χ0) is 22.5. The van der Waals surface area contributed by atoms with E-state index in [-0.39, 0.29) is 25.0 Å². The fourth-order valence-electron chi connectivity index (χ4n) is 5.53. The number of likely N-dealkylation sites (tertiary alicyclic amines) is 1. The fraction of sp³-hybridized carbons (Fsp3) is 0.609. The Morgan fingerprint density at radius 2 is 2.13 bits per heavy atom. The van der Waals surface area contributed by atoms with E-state index in [0.717, 1.165) is 11.1 Å². The first kappa shape index (κ1) is 21.8. The molecule has 1 aromatic rings. The summed E-state index contributed by atoms with van der Waals surface area (Å²) in [5, 5.41) is 12.8. The first-order valence-electron chi connectivity index (χ1n) is 10.9. The third-order valence-corrected chi connectivity index (χ3v) is 6.94. The van der Waals surface area contributed by atoms with Gasteiger partial charge in [-0.1, -0.05) is 12.1 Å². The minimum absolute atomic E-state index is 0.212. The highest BCUT2D eigenvalue weighted by Crippen LogP contribution is 2.59. The highest BCUT2D eigenvalue weighted by Gasteiger charge is 2.75. The molecule has 2 bridgehead atoms. The van der Waals surface area contributed by atoms with Gasteiger partial charge >= 0.3 is 5.97 Å². The number of carbonyl (C=O) groups excluding carboxylic acids is 3. The number of aliphatic hydroxyl groups excluding tert-OH is 1. The highest BCUT2D eigenvalue weighted by molar-refractivity contribution is 6.03. The summed E-state index contributed by atoms with van der Waals surface area (Å²) in [6, 6.07) is 4.25. The number of benzene rings is 1. The number of hydrogen-bond donors (Lipinski definition) is 2. The number of aryl methyl sites for hydroxylation is 2. The summed E-state index contributed by atoms with van der Waals surface area (Å²) >= 11 is 0. The second-order valence-corrected chi connectivity index (χ2v) is 8.89. The molecule has 0 aliphatic carbocycles. The molecule has 2 amide bonds. The molecule has 0 aromatic heterocycles. The number of nitrogens with zero attached hydrogens (tertiary/aromatic N) is 1. The van der Waals surface area contributed by atoms with Crippen molar-refractivity contribution in [2.75, 3.05) is 18.5 Å². The second kappa shape index (κ2) is 7.91. The Bertz CT molecular complexity index is 917. The van der Waals surface area contributed by atoms with Crippen LogP contribution in [0.2, 0.25) is 0 Å². The van der Waals surface area contributed by atoms with Crippen LogP contribution in [0.15, 0.2) is 18.2 Å². The predicted molar refractivity (Wildman–Crippen MR) is 112 cm³/mol. The topological polar surface area (TPSA) is 105 Å². The number of carbonyl (C=O) groups is 3. The first-order valence-corrected chi connectivity index (χ1v) is 10.9. The molecule has 3 fully saturated rings. The van der Waals surface area contributed by atoms with Gasteiger partial charge in [-0.2, -0.15) is 0 Å². The van der Waals surface area contributed by atoms with Gasteiger partial charge in [0.2, 0.25) is 11.8 Å². The maximum atomic E-state index is 13.6. The van der Waals surface area contributed by atoms with Gasteiger partial charge in [0.25, 0.3) is 0 Å². The number of aliphatic hydroxyl groups is 1. The van der Waals surface area contributed by atoms with Crippen molar-refractivity contribution in [3.05, 3.63) is 29.3 Å². The van der Waals surface area contributed by atoms with Crippen molar-refractivity contribution in [1.29, 1.82) is 0 Å². The first-order chi connectivity index (χ1) is 14.7. The number of hydrogen-bond acceptors (Lipinski definition) is 6. The predicted octanol–water partition coefficient (Wildman–Crippen LogP) is 1.56. The van der Waals surface area contributed by atoms with Crippen molar-refractivity contribution in [3.63, 3.8) is 0 Å². The molecule has 2 N–H and O–H groups in total. The molecule has 1 aromatic carbocycles. The molecule has 3 aliphatic rings. The third kappa shape index (κ3) is 3.24. The van der Waals surface area contributed by atoms with E-state index >= 15 is 0 Å². The van der Waals surface area contributed by atoms with E-state index in [0.29, 0.717) is 18.5 Å². The van der Waals surface area contributed by atoms with Gasteiger partial charge in [-0.15, -0.1) is 0 Å². The highest BCUT2D eigenvalue weighted by atomic mass is 16.6. The normalized spacial score (nSPS) is 32.2. The van der Waals surface area contributed by atoms with E-state index in [1.807, 2.05) is 32.0 Å². The third-order valence-electron chi connectivity index (χ3n) is 6.94. The van der Waals surface area contributed by atoms with Crippen molar-refractivity contribution in [2.24, 2.45) is 11.8 Å². The second-order valence-electron chi connectivity index (χ2n) is 8.89. The van der Waals surface area contributed by atoms with E-state index in [4.69, 9.17) is 9.47 Å². The Morgan fingerprint density at radius 3 is 2.81 bits per heavy atom.